The molecule has 100 valence electrons. The number of carbonyl (C=O) groups is 1. The molecule has 0 fully saturated rings. The topological polar surface area (TPSA) is 46.2 Å². The van der Waals surface area contributed by atoms with E-state index in [4.69, 9.17) is 0 Å². The van der Waals surface area contributed by atoms with Crippen LogP contribution in [0.4, 0.5) is 4.39 Å². The third-order valence-corrected chi connectivity index (χ3v) is 3.46. The van der Waals surface area contributed by atoms with Gasteiger partial charge in [0.15, 0.2) is 0 Å². The van der Waals surface area contributed by atoms with Gasteiger partial charge >= 0.3 is 0 Å². The molecule has 1 N–H and O–H groups in total. The zero-order chi connectivity index (χ0) is 13.7. The van der Waals surface area contributed by atoms with E-state index in [1.54, 1.807) is 25.3 Å². The summed E-state index contributed by atoms with van der Waals surface area (Å²) in [6.45, 7) is 3.44. The molecule has 0 spiro atoms. The van der Waals surface area contributed by atoms with Gasteiger partial charge in [-0.2, -0.15) is 0 Å². The molecular weight excluding hydrogens is 253 g/mol. The smallest absolute Gasteiger partial charge is 0.254 e. The van der Waals surface area contributed by atoms with Crippen LogP contribution in [0.1, 0.15) is 29.3 Å². The van der Waals surface area contributed by atoms with E-state index in [0.717, 1.165) is 0 Å². The molecule has 0 aromatic heterocycles. The molecule has 0 aliphatic rings. The van der Waals surface area contributed by atoms with Crippen molar-refractivity contribution in [3.05, 3.63) is 35.1 Å². The van der Waals surface area contributed by atoms with Crippen LogP contribution in [-0.4, -0.2) is 28.2 Å². The van der Waals surface area contributed by atoms with Gasteiger partial charge in [0.05, 0.1) is 5.56 Å². The predicted octanol–water partition coefficient (Wildman–Crippen LogP) is 2.02. The summed E-state index contributed by atoms with van der Waals surface area (Å²) >= 11 is 0. The van der Waals surface area contributed by atoms with Crippen LogP contribution in [0.15, 0.2) is 18.2 Å². The van der Waals surface area contributed by atoms with Gasteiger partial charge in [0.2, 0.25) is 0 Å². The number of hydrogen-bond donors (Lipinski definition) is 1. The minimum atomic E-state index is -0.879. The Bertz CT molecular complexity index is 462. The van der Waals surface area contributed by atoms with Crippen LogP contribution in [0.3, 0.4) is 0 Å². The van der Waals surface area contributed by atoms with Crippen molar-refractivity contribution in [1.82, 2.24) is 5.32 Å². The first-order chi connectivity index (χ1) is 8.41. The Balaban J connectivity index is 2.65. The maximum absolute atomic E-state index is 13.7. The van der Waals surface area contributed by atoms with Gasteiger partial charge in [0.25, 0.3) is 5.91 Å². The SMILES string of the molecule is Cc1cccc(C(=O)NC(C)CCS(C)=O)c1F. The number of benzene rings is 1. The van der Waals surface area contributed by atoms with Crippen molar-refractivity contribution in [2.75, 3.05) is 12.0 Å². The zero-order valence-corrected chi connectivity index (χ0v) is 11.6. The van der Waals surface area contributed by atoms with E-state index >= 15 is 0 Å². The third-order valence-electron chi connectivity index (χ3n) is 2.65. The lowest BCUT2D eigenvalue weighted by atomic mass is 10.1. The molecule has 0 heterocycles. The molecule has 2 atom stereocenters. The van der Waals surface area contributed by atoms with E-state index in [2.05, 4.69) is 5.32 Å². The van der Waals surface area contributed by atoms with E-state index < -0.39 is 22.5 Å². The van der Waals surface area contributed by atoms with Gasteiger partial charge in [-0.15, -0.1) is 0 Å². The van der Waals surface area contributed by atoms with Crippen molar-refractivity contribution in [2.45, 2.75) is 26.3 Å². The molecule has 1 amide bonds. The van der Waals surface area contributed by atoms with Crippen LogP contribution in [0.5, 0.6) is 0 Å². The lowest BCUT2D eigenvalue weighted by Crippen LogP contribution is -2.34. The molecule has 0 saturated heterocycles. The Morgan fingerprint density at radius 3 is 2.78 bits per heavy atom. The molecule has 1 aromatic rings. The fourth-order valence-corrected chi connectivity index (χ4v) is 2.22. The molecule has 0 aliphatic carbocycles. The van der Waals surface area contributed by atoms with Crippen molar-refractivity contribution in [3.63, 3.8) is 0 Å². The van der Waals surface area contributed by atoms with E-state index in [9.17, 15) is 13.4 Å². The summed E-state index contributed by atoms with van der Waals surface area (Å²) in [4.78, 5) is 11.8. The van der Waals surface area contributed by atoms with Crippen molar-refractivity contribution >= 4 is 16.7 Å². The molecule has 0 radical (unpaired) electrons. The molecular formula is C13H18FNO2S. The molecule has 1 aromatic carbocycles. The average molecular weight is 271 g/mol. The Morgan fingerprint density at radius 1 is 1.50 bits per heavy atom. The Hall–Kier alpha value is -1.23. The maximum Gasteiger partial charge on any atom is 0.254 e. The minimum Gasteiger partial charge on any atom is -0.349 e. The average Bonchev–Trinajstić information content (AvgIpc) is 2.30. The van der Waals surface area contributed by atoms with Crippen molar-refractivity contribution in [1.29, 1.82) is 0 Å². The van der Waals surface area contributed by atoms with E-state index in [1.807, 2.05) is 6.92 Å². The Kier molecular flexibility index (Phi) is 5.47. The normalized spacial score (nSPS) is 14.0. The van der Waals surface area contributed by atoms with Gasteiger partial charge in [-0.1, -0.05) is 12.1 Å². The van der Waals surface area contributed by atoms with Crippen molar-refractivity contribution in [2.24, 2.45) is 0 Å². The second-order valence-electron chi connectivity index (χ2n) is 4.38. The second-order valence-corrected chi connectivity index (χ2v) is 5.93. The molecule has 5 heteroatoms. The molecule has 1 rings (SSSR count). The molecule has 2 unspecified atom stereocenters. The molecule has 0 saturated carbocycles. The number of carbonyl (C=O) groups excluding carboxylic acids is 1. The lowest BCUT2D eigenvalue weighted by molar-refractivity contribution is 0.0935. The van der Waals surface area contributed by atoms with E-state index in [0.29, 0.717) is 17.7 Å². The predicted molar refractivity (Wildman–Crippen MR) is 71.6 cm³/mol. The number of aryl methyl sites for hydroxylation is 1. The van der Waals surface area contributed by atoms with Gasteiger partial charge in [-0.25, -0.2) is 4.39 Å². The fourth-order valence-electron chi connectivity index (χ4n) is 1.54. The first-order valence-corrected chi connectivity index (χ1v) is 7.50. The monoisotopic (exact) mass is 271 g/mol. The minimum absolute atomic E-state index is 0.0551. The number of halogens is 1. The van der Waals surface area contributed by atoms with Crippen LogP contribution < -0.4 is 5.32 Å². The summed E-state index contributed by atoms with van der Waals surface area (Å²) in [6, 6.07) is 4.61. The van der Waals surface area contributed by atoms with Crippen LogP contribution in [0, 0.1) is 12.7 Å². The highest BCUT2D eigenvalue weighted by Crippen LogP contribution is 2.12. The van der Waals surface area contributed by atoms with Gasteiger partial charge in [-0.3, -0.25) is 9.00 Å². The fraction of sp³-hybridized carbons (Fsp3) is 0.462. The second kappa shape index (κ2) is 6.64. The highest BCUT2D eigenvalue weighted by molar-refractivity contribution is 7.84. The standard InChI is InChI=1S/C13H18FNO2S/c1-9-5-4-6-11(12(9)14)13(16)15-10(2)7-8-18(3)17/h4-6,10H,7-8H2,1-3H3,(H,15,16). The Labute approximate surface area is 109 Å². The number of rotatable bonds is 5. The largest absolute Gasteiger partial charge is 0.349 e. The molecule has 0 aliphatic heterocycles. The molecule has 18 heavy (non-hydrogen) atoms. The van der Waals surface area contributed by atoms with E-state index in [-0.39, 0.29) is 11.6 Å². The zero-order valence-electron chi connectivity index (χ0n) is 10.8. The van der Waals surface area contributed by atoms with Crippen LogP contribution >= 0.6 is 0 Å². The van der Waals surface area contributed by atoms with Crippen LogP contribution in [-0.2, 0) is 10.8 Å². The molecule has 0 bridgehead atoms. The highest BCUT2D eigenvalue weighted by atomic mass is 32.2. The summed E-state index contributed by atoms with van der Waals surface area (Å²) in [5, 5.41) is 2.71. The summed E-state index contributed by atoms with van der Waals surface area (Å²) in [5.41, 5.74) is 0.504. The number of nitrogens with one attached hydrogen (secondary N) is 1. The summed E-state index contributed by atoms with van der Waals surface area (Å²) in [7, 11) is -0.879. The van der Waals surface area contributed by atoms with Gasteiger partial charge in [0, 0.05) is 28.9 Å². The third kappa shape index (κ3) is 4.22. The Morgan fingerprint density at radius 2 is 2.17 bits per heavy atom. The highest BCUT2D eigenvalue weighted by Gasteiger charge is 2.15. The van der Waals surface area contributed by atoms with Crippen LogP contribution in [0.2, 0.25) is 0 Å². The summed E-state index contributed by atoms with van der Waals surface area (Å²) in [6.07, 6.45) is 2.23. The summed E-state index contributed by atoms with van der Waals surface area (Å²) in [5.74, 6) is -0.385. The van der Waals surface area contributed by atoms with Crippen molar-refractivity contribution in [3.8, 4) is 0 Å². The first-order valence-electron chi connectivity index (χ1n) is 5.77. The lowest BCUT2D eigenvalue weighted by Gasteiger charge is -2.13. The van der Waals surface area contributed by atoms with Crippen molar-refractivity contribution < 1.29 is 13.4 Å². The van der Waals surface area contributed by atoms with Gasteiger partial charge < -0.3 is 5.32 Å². The first kappa shape index (κ1) is 14.8. The molecule has 3 nitrogen and oxygen atoms in total. The summed E-state index contributed by atoms with van der Waals surface area (Å²) < 4.78 is 24.6. The van der Waals surface area contributed by atoms with E-state index in [1.165, 1.54) is 6.07 Å². The van der Waals surface area contributed by atoms with Gasteiger partial charge in [0.1, 0.15) is 5.82 Å². The quantitative estimate of drug-likeness (QED) is 0.890. The number of amides is 1. The van der Waals surface area contributed by atoms with Gasteiger partial charge in [-0.05, 0) is 31.9 Å². The van der Waals surface area contributed by atoms with Crippen LogP contribution in [0.25, 0.3) is 0 Å². The maximum atomic E-state index is 13.7. The number of hydrogen-bond acceptors (Lipinski definition) is 2.